The maximum atomic E-state index is 13.0. The van der Waals surface area contributed by atoms with Gasteiger partial charge in [0.2, 0.25) is 5.75 Å². The molecule has 0 spiro atoms. The molecule has 1 saturated carbocycles. The number of methoxy groups -OCH3 is 3. The lowest BCUT2D eigenvalue weighted by Gasteiger charge is -2.13. The SMILES string of the molecule is COc1cc(-c2cc3nccc(-c4cccc(C(=O)CC5CCC[C@H]5O)c4)c3o2)cc(OC)c1OC. The van der Waals surface area contributed by atoms with Crippen molar-refractivity contribution in [3.63, 3.8) is 0 Å². The van der Waals surface area contributed by atoms with Gasteiger partial charge in [-0.3, -0.25) is 9.78 Å². The van der Waals surface area contributed by atoms with Crippen LogP contribution in [0, 0.1) is 5.92 Å². The number of aliphatic hydroxyl groups excluding tert-OH is 1. The average molecular weight is 488 g/mol. The van der Waals surface area contributed by atoms with Gasteiger partial charge in [-0.15, -0.1) is 0 Å². The molecule has 2 aromatic carbocycles. The molecule has 2 atom stereocenters. The van der Waals surface area contributed by atoms with Gasteiger partial charge in [0.05, 0.1) is 27.4 Å². The number of carbonyl (C=O) groups excluding carboxylic acids is 1. The fourth-order valence-electron chi connectivity index (χ4n) is 5.00. The first-order chi connectivity index (χ1) is 17.5. The Bertz CT molecular complexity index is 1380. The summed E-state index contributed by atoms with van der Waals surface area (Å²) in [6.45, 7) is 0. The molecule has 5 rings (SSSR count). The minimum atomic E-state index is -0.381. The van der Waals surface area contributed by atoms with E-state index in [0.29, 0.717) is 46.1 Å². The van der Waals surface area contributed by atoms with E-state index in [-0.39, 0.29) is 17.8 Å². The molecule has 1 aliphatic rings. The van der Waals surface area contributed by atoms with Crippen LogP contribution in [0.5, 0.6) is 17.2 Å². The van der Waals surface area contributed by atoms with Crippen LogP contribution >= 0.6 is 0 Å². The van der Waals surface area contributed by atoms with Crippen molar-refractivity contribution in [3.05, 3.63) is 60.3 Å². The minimum absolute atomic E-state index is 0.0416. The summed E-state index contributed by atoms with van der Waals surface area (Å²) in [5.41, 5.74) is 4.42. The second-order valence-electron chi connectivity index (χ2n) is 9.06. The molecular formula is C29H29NO6. The number of ketones is 1. The normalized spacial score (nSPS) is 17.3. The number of Topliss-reactive ketones (excluding diaryl/α,β-unsaturated/α-hetero) is 1. The Morgan fingerprint density at radius 3 is 2.44 bits per heavy atom. The number of hydrogen-bond acceptors (Lipinski definition) is 7. The fraction of sp³-hybridized carbons (Fsp3) is 0.310. The standard InChI is InChI=1S/C29H29NO6/c1-33-26-14-20(15-27(34-2)29(26)35-3)25-16-22-28(36-25)21(10-11-30-22)17-6-4-7-18(12-17)24(32)13-19-8-5-9-23(19)31/h4,6-7,10-12,14-16,19,23,31H,5,8-9,13H2,1-3H3/t19?,23-/m1/s1. The molecule has 0 radical (unpaired) electrons. The molecule has 7 heteroatoms. The molecule has 1 N–H and O–H groups in total. The van der Waals surface area contributed by atoms with Gasteiger partial charge in [-0.05, 0) is 48.6 Å². The Labute approximate surface area is 209 Å². The molecule has 4 aromatic rings. The summed E-state index contributed by atoms with van der Waals surface area (Å²) in [7, 11) is 4.70. The maximum Gasteiger partial charge on any atom is 0.203 e. The molecule has 7 nitrogen and oxygen atoms in total. The molecule has 2 aromatic heterocycles. The number of carbonyl (C=O) groups is 1. The third kappa shape index (κ3) is 4.42. The predicted molar refractivity (Wildman–Crippen MR) is 137 cm³/mol. The van der Waals surface area contributed by atoms with E-state index in [4.69, 9.17) is 18.6 Å². The Balaban J connectivity index is 1.51. The fourth-order valence-corrected chi connectivity index (χ4v) is 5.00. The van der Waals surface area contributed by atoms with Crippen LogP contribution < -0.4 is 14.2 Å². The van der Waals surface area contributed by atoms with E-state index >= 15 is 0 Å². The van der Waals surface area contributed by atoms with Crippen molar-refractivity contribution in [3.8, 4) is 39.7 Å². The molecule has 2 heterocycles. The molecule has 0 amide bonds. The summed E-state index contributed by atoms with van der Waals surface area (Å²) < 4.78 is 22.7. The van der Waals surface area contributed by atoms with Crippen LogP contribution in [-0.2, 0) is 0 Å². The highest BCUT2D eigenvalue weighted by Crippen LogP contribution is 2.43. The highest BCUT2D eigenvalue weighted by molar-refractivity contribution is 5.99. The molecule has 0 bridgehead atoms. The van der Waals surface area contributed by atoms with Gasteiger partial charge in [-0.2, -0.15) is 0 Å². The van der Waals surface area contributed by atoms with Crippen molar-refractivity contribution in [2.75, 3.05) is 21.3 Å². The smallest absolute Gasteiger partial charge is 0.203 e. The lowest BCUT2D eigenvalue weighted by Crippen LogP contribution is -2.17. The Hall–Kier alpha value is -3.84. The molecule has 0 aliphatic heterocycles. The number of pyridine rings is 1. The van der Waals surface area contributed by atoms with Gasteiger partial charge in [-0.1, -0.05) is 24.6 Å². The average Bonchev–Trinajstić information content (AvgIpc) is 3.53. The number of fused-ring (bicyclic) bond motifs is 1. The molecule has 1 unspecified atom stereocenters. The number of aliphatic hydroxyl groups is 1. The first-order valence-electron chi connectivity index (χ1n) is 12.0. The van der Waals surface area contributed by atoms with Crippen LogP contribution in [0.25, 0.3) is 33.6 Å². The lowest BCUT2D eigenvalue weighted by atomic mass is 9.94. The van der Waals surface area contributed by atoms with E-state index < -0.39 is 0 Å². The molecule has 0 saturated heterocycles. The van der Waals surface area contributed by atoms with Crippen LogP contribution in [0.15, 0.2) is 59.1 Å². The zero-order valence-corrected chi connectivity index (χ0v) is 20.6. The highest BCUT2D eigenvalue weighted by atomic mass is 16.5. The van der Waals surface area contributed by atoms with Crippen molar-refractivity contribution in [2.24, 2.45) is 5.92 Å². The second kappa shape index (κ2) is 10.0. The van der Waals surface area contributed by atoms with Gasteiger partial charge < -0.3 is 23.7 Å². The van der Waals surface area contributed by atoms with E-state index in [0.717, 1.165) is 36.0 Å². The van der Waals surface area contributed by atoms with Crippen LogP contribution in [0.2, 0.25) is 0 Å². The number of hydrogen-bond donors (Lipinski definition) is 1. The third-order valence-corrected chi connectivity index (χ3v) is 6.92. The number of aromatic nitrogens is 1. The number of benzene rings is 2. The first-order valence-corrected chi connectivity index (χ1v) is 12.0. The van der Waals surface area contributed by atoms with Gasteiger partial charge in [0.15, 0.2) is 22.9 Å². The van der Waals surface area contributed by atoms with Crippen molar-refractivity contribution < 1.29 is 28.5 Å². The Morgan fingerprint density at radius 1 is 1.00 bits per heavy atom. The van der Waals surface area contributed by atoms with E-state index in [9.17, 15) is 9.90 Å². The van der Waals surface area contributed by atoms with Gasteiger partial charge in [0.25, 0.3) is 0 Å². The third-order valence-electron chi connectivity index (χ3n) is 6.92. The summed E-state index contributed by atoms with van der Waals surface area (Å²) in [6, 6.07) is 15.0. The Kier molecular flexibility index (Phi) is 6.65. The van der Waals surface area contributed by atoms with Gasteiger partial charge in [0.1, 0.15) is 11.3 Å². The number of furan rings is 1. The summed E-state index contributed by atoms with van der Waals surface area (Å²) in [5.74, 6) is 2.25. The van der Waals surface area contributed by atoms with Crippen LogP contribution in [-0.4, -0.2) is 43.3 Å². The van der Waals surface area contributed by atoms with E-state index in [1.165, 1.54) is 0 Å². The van der Waals surface area contributed by atoms with Crippen molar-refractivity contribution in [2.45, 2.75) is 31.8 Å². The van der Waals surface area contributed by atoms with Gasteiger partial charge in [-0.25, -0.2) is 0 Å². The maximum absolute atomic E-state index is 13.0. The van der Waals surface area contributed by atoms with Gasteiger partial charge in [0, 0.05) is 35.4 Å². The van der Waals surface area contributed by atoms with Crippen LogP contribution in [0.4, 0.5) is 0 Å². The highest BCUT2D eigenvalue weighted by Gasteiger charge is 2.27. The quantitative estimate of drug-likeness (QED) is 0.308. The second-order valence-corrected chi connectivity index (χ2v) is 9.06. The summed E-state index contributed by atoms with van der Waals surface area (Å²) >= 11 is 0. The zero-order valence-electron chi connectivity index (χ0n) is 20.6. The first kappa shape index (κ1) is 23.9. The minimum Gasteiger partial charge on any atom is -0.493 e. The topological polar surface area (TPSA) is 91.0 Å². The van der Waals surface area contributed by atoms with E-state index in [1.807, 2.05) is 48.5 Å². The number of nitrogens with zero attached hydrogens (tertiary/aromatic N) is 1. The van der Waals surface area contributed by atoms with Crippen molar-refractivity contribution in [1.82, 2.24) is 4.98 Å². The molecule has 1 aliphatic carbocycles. The van der Waals surface area contributed by atoms with Crippen molar-refractivity contribution in [1.29, 1.82) is 0 Å². The number of rotatable bonds is 8. The van der Waals surface area contributed by atoms with Crippen molar-refractivity contribution >= 4 is 16.9 Å². The molecule has 186 valence electrons. The van der Waals surface area contributed by atoms with E-state index in [1.54, 1.807) is 27.5 Å². The van der Waals surface area contributed by atoms with E-state index in [2.05, 4.69) is 4.98 Å². The summed E-state index contributed by atoms with van der Waals surface area (Å²) in [5, 5.41) is 10.1. The lowest BCUT2D eigenvalue weighted by molar-refractivity contribution is 0.0868. The molecular weight excluding hydrogens is 458 g/mol. The predicted octanol–water partition coefficient (Wildman–Crippen LogP) is 5.92. The van der Waals surface area contributed by atoms with Gasteiger partial charge >= 0.3 is 0 Å². The molecule has 36 heavy (non-hydrogen) atoms. The van der Waals surface area contributed by atoms with Crippen LogP contribution in [0.1, 0.15) is 36.0 Å². The summed E-state index contributed by atoms with van der Waals surface area (Å²) in [4.78, 5) is 17.5. The molecule has 1 fully saturated rings. The van der Waals surface area contributed by atoms with Crippen LogP contribution in [0.3, 0.4) is 0 Å². The Morgan fingerprint density at radius 2 is 1.78 bits per heavy atom. The summed E-state index contributed by atoms with van der Waals surface area (Å²) in [6.07, 6.45) is 4.36. The number of ether oxygens (including phenoxy) is 3. The zero-order chi connectivity index (χ0) is 25.2. The monoisotopic (exact) mass is 487 g/mol. The largest absolute Gasteiger partial charge is 0.493 e.